The summed E-state index contributed by atoms with van der Waals surface area (Å²) >= 11 is 0. The number of rotatable bonds is 3. The summed E-state index contributed by atoms with van der Waals surface area (Å²) in [5.41, 5.74) is 0.118. The summed E-state index contributed by atoms with van der Waals surface area (Å²) in [5, 5.41) is 11.7. The number of halogens is 3. The van der Waals surface area contributed by atoms with Crippen LogP contribution in [0.2, 0.25) is 0 Å². The summed E-state index contributed by atoms with van der Waals surface area (Å²) in [6.45, 7) is 0.162. The number of hydrogen-bond donors (Lipinski definition) is 1. The SMILES string of the molecule is N#Cc1cccnc1NCc1cccc(C(F)(F)F)c1. The summed E-state index contributed by atoms with van der Waals surface area (Å²) in [5.74, 6) is 0.354. The maximum atomic E-state index is 12.6. The molecule has 0 radical (unpaired) electrons. The highest BCUT2D eigenvalue weighted by Crippen LogP contribution is 2.29. The molecule has 0 aliphatic carbocycles. The number of nitriles is 1. The van der Waals surface area contributed by atoms with Gasteiger partial charge in [0, 0.05) is 12.7 Å². The summed E-state index contributed by atoms with van der Waals surface area (Å²) in [4.78, 5) is 3.98. The lowest BCUT2D eigenvalue weighted by atomic mass is 10.1. The van der Waals surface area contributed by atoms with E-state index in [0.29, 0.717) is 16.9 Å². The highest BCUT2D eigenvalue weighted by atomic mass is 19.4. The molecule has 0 bridgehead atoms. The normalized spacial score (nSPS) is 10.9. The van der Waals surface area contributed by atoms with Gasteiger partial charge < -0.3 is 5.32 Å². The molecule has 102 valence electrons. The average molecular weight is 277 g/mol. The van der Waals surface area contributed by atoms with Crippen molar-refractivity contribution in [3.63, 3.8) is 0 Å². The first-order valence-electron chi connectivity index (χ1n) is 5.76. The van der Waals surface area contributed by atoms with Gasteiger partial charge in [-0.15, -0.1) is 0 Å². The number of pyridine rings is 1. The molecule has 0 atom stereocenters. The molecule has 1 aromatic carbocycles. The van der Waals surface area contributed by atoms with Gasteiger partial charge in [-0.05, 0) is 29.8 Å². The van der Waals surface area contributed by atoms with E-state index in [-0.39, 0.29) is 6.54 Å². The van der Waals surface area contributed by atoms with Gasteiger partial charge in [-0.1, -0.05) is 12.1 Å². The Bertz CT molecular complexity index is 645. The smallest absolute Gasteiger partial charge is 0.365 e. The van der Waals surface area contributed by atoms with Crippen molar-refractivity contribution in [1.82, 2.24) is 4.98 Å². The van der Waals surface area contributed by atoms with E-state index in [1.54, 1.807) is 18.2 Å². The van der Waals surface area contributed by atoms with Crippen LogP contribution in [0.3, 0.4) is 0 Å². The van der Waals surface area contributed by atoms with Crippen LogP contribution >= 0.6 is 0 Å². The molecule has 0 unspecified atom stereocenters. The van der Waals surface area contributed by atoms with Crippen molar-refractivity contribution < 1.29 is 13.2 Å². The van der Waals surface area contributed by atoms with Crippen molar-refractivity contribution in [1.29, 1.82) is 5.26 Å². The Morgan fingerprint density at radius 2 is 2.00 bits per heavy atom. The van der Waals surface area contributed by atoms with Crippen LogP contribution in [-0.2, 0) is 12.7 Å². The summed E-state index contributed by atoms with van der Waals surface area (Å²) < 4.78 is 37.7. The number of nitrogens with zero attached hydrogens (tertiary/aromatic N) is 2. The second-order valence-corrected chi connectivity index (χ2v) is 4.06. The second-order valence-electron chi connectivity index (χ2n) is 4.06. The first-order valence-corrected chi connectivity index (χ1v) is 5.76. The zero-order valence-electron chi connectivity index (χ0n) is 10.3. The Morgan fingerprint density at radius 1 is 1.20 bits per heavy atom. The lowest BCUT2D eigenvalue weighted by Crippen LogP contribution is -2.07. The third-order valence-corrected chi connectivity index (χ3v) is 2.64. The minimum Gasteiger partial charge on any atom is -0.365 e. The quantitative estimate of drug-likeness (QED) is 0.932. The molecular weight excluding hydrogens is 267 g/mol. The van der Waals surface area contributed by atoms with Gasteiger partial charge in [-0.2, -0.15) is 18.4 Å². The van der Waals surface area contributed by atoms with E-state index in [2.05, 4.69) is 10.3 Å². The molecule has 0 spiro atoms. The van der Waals surface area contributed by atoms with Crippen molar-refractivity contribution >= 4 is 5.82 Å². The van der Waals surface area contributed by atoms with Crippen LogP contribution in [0.5, 0.6) is 0 Å². The second kappa shape index (κ2) is 5.61. The third-order valence-electron chi connectivity index (χ3n) is 2.64. The Hall–Kier alpha value is -2.55. The Balaban J connectivity index is 2.14. The summed E-state index contributed by atoms with van der Waals surface area (Å²) in [6, 6.07) is 10.2. The zero-order chi connectivity index (χ0) is 14.6. The number of benzene rings is 1. The number of nitrogens with one attached hydrogen (secondary N) is 1. The van der Waals surface area contributed by atoms with Crippen LogP contribution in [0.4, 0.5) is 19.0 Å². The van der Waals surface area contributed by atoms with E-state index in [0.717, 1.165) is 12.1 Å². The van der Waals surface area contributed by atoms with Crippen molar-refractivity contribution in [2.75, 3.05) is 5.32 Å². The molecule has 0 saturated heterocycles. The molecule has 1 heterocycles. The predicted octanol–water partition coefficient (Wildman–Crippen LogP) is 3.58. The van der Waals surface area contributed by atoms with Gasteiger partial charge in [-0.3, -0.25) is 0 Å². The molecule has 1 N–H and O–H groups in total. The number of alkyl halides is 3. The minimum absolute atomic E-state index is 0.162. The molecule has 0 aliphatic rings. The van der Waals surface area contributed by atoms with Gasteiger partial charge >= 0.3 is 6.18 Å². The van der Waals surface area contributed by atoms with Crippen LogP contribution in [0, 0.1) is 11.3 Å². The van der Waals surface area contributed by atoms with Gasteiger partial charge in [0.2, 0.25) is 0 Å². The summed E-state index contributed by atoms with van der Waals surface area (Å²) in [7, 11) is 0. The first kappa shape index (κ1) is 13.9. The molecule has 3 nitrogen and oxygen atoms in total. The van der Waals surface area contributed by atoms with Gasteiger partial charge in [0.1, 0.15) is 11.9 Å². The van der Waals surface area contributed by atoms with Crippen LogP contribution in [-0.4, -0.2) is 4.98 Å². The molecule has 1 aromatic heterocycles. The van der Waals surface area contributed by atoms with Crippen LogP contribution in [0.15, 0.2) is 42.6 Å². The minimum atomic E-state index is -4.36. The van der Waals surface area contributed by atoms with Crippen molar-refractivity contribution in [2.45, 2.75) is 12.7 Å². The van der Waals surface area contributed by atoms with E-state index in [9.17, 15) is 13.2 Å². The zero-order valence-corrected chi connectivity index (χ0v) is 10.3. The van der Waals surface area contributed by atoms with Crippen molar-refractivity contribution in [3.05, 3.63) is 59.3 Å². The standard InChI is InChI=1S/C14H10F3N3/c15-14(16,17)12-5-1-3-10(7-12)9-20-13-11(8-18)4-2-6-19-13/h1-7H,9H2,(H,19,20). The monoisotopic (exact) mass is 277 g/mol. The lowest BCUT2D eigenvalue weighted by molar-refractivity contribution is -0.137. The molecule has 0 fully saturated rings. The van der Waals surface area contributed by atoms with Gasteiger partial charge in [0.05, 0.1) is 11.1 Å². The van der Waals surface area contributed by atoms with Gasteiger partial charge in [0.15, 0.2) is 0 Å². The number of anilines is 1. The maximum Gasteiger partial charge on any atom is 0.416 e. The summed E-state index contributed by atoms with van der Waals surface area (Å²) in [6.07, 6.45) is -2.85. The highest BCUT2D eigenvalue weighted by Gasteiger charge is 2.30. The molecule has 2 rings (SSSR count). The van der Waals surface area contributed by atoms with Gasteiger partial charge in [0.25, 0.3) is 0 Å². The average Bonchev–Trinajstić information content (AvgIpc) is 2.45. The lowest BCUT2D eigenvalue weighted by Gasteiger charge is -2.10. The Morgan fingerprint density at radius 3 is 2.70 bits per heavy atom. The van der Waals surface area contributed by atoms with Crippen LogP contribution in [0.1, 0.15) is 16.7 Å². The Labute approximate surface area is 113 Å². The van der Waals surface area contributed by atoms with E-state index >= 15 is 0 Å². The van der Waals surface area contributed by atoms with E-state index < -0.39 is 11.7 Å². The third kappa shape index (κ3) is 3.26. The predicted molar refractivity (Wildman–Crippen MR) is 67.7 cm³/mol. The topological polar surface area (TPSA) is 48.7 Å². The molecule has 20 heavy (non-hydrogen) atoms. The number of aromatic nitrogens is 1. The van der Waals surface area contributed by atoms with E-state index in [4.69, 9.17) is 5.26 Å². The van der Waals surface area contributed by atoms with Crippen molar-refractivity contribution in [2.24, 2.45) is 0 Å². The van der Waals surface area contributed by atoms with Crippen molar-refractivity contribution in [3.8, 4) is 6.07 Å². The van der Waals surface area contributed by atoms with E-state index in [1.807, 2.05) is 6.07 Å². The van der Waals surface area contributed by atoms with E-state index in [1.165, 1.54) is 12.3 Å². The number of hydrogen-bond acceptors (Lipinski definition) is 3. The molecule has 0 amide bonds. The molecule has 2 aromatic rings. The largest absolute Gasteiger partial charge is 0.416 e. The van der Waals surface area contributed by atoms with Crippen LogP contribution < -0.4 is 5.32 Å². The molecule has 6 heteroatoms. The van der Waals surface area contributed by atoms with Crippen LogP contribution in [0.25, 0.3) is 0 Å². The fourth-order valence-electron chi connectivity index (χ4n) is 1.68. The first-order chi connectivity index (χ1) is 9.50. The Kier molecular flexibility index (Phi) is 3.89. The fraction of sp³-hybridized carbons (Fsp3) is 0.143. The fourth-order valence-corrected chi connectivity index (χ4v) is 1.68. The molecule has 0 aliphatic heterocycles. The highest BCUT2D eigenvalue weighted by molar-refractivity contribution is 5.51. The molecule has 0 saturated carbocycles. The molecular formula is C14H10F3N3. The maximum absolute atomic E-state index is 12.6. The van der Waals surface area contributed by atoms with Gasteiger partial charge in [-0.25, -0.2) is 4.98 Å².